The SMILES string of the molecule is CN(C)c1ccc(N)c(OC2CC2)c1. The molecule has 1 fully saturated rings. The molecule has 0 unspecified atom stereocenters. The smallest absolute Gasteiger partial charge is 0.144 e. The summed E-state index contributed by atoms with van der Waals surface area (Å²) in [5.41, 5.74) is 7.67. The summed E-state index contributed by atoms with van der Waals surface area (Å²) >= 11 is 0. The largest absolute Gasteiger partial charge is 0.488 e. The van der Waals surface area contributed by atoms with E-state index in [-0.39, 0.29) is 0 Å². The molecular weight excluding hydrogens is 176 g/mol. The third kappa shape index (κ3) is 1.92. The standard InChI is InChI=1S/C11H16N2O/c1-13(2)8-3-6-10(12)11(7-8)14-9-4-5-9/h3,6-7,9H,4-5,12H2,1-2H3. The summed E-state index contributed by atoms with van der Waals surface area (Å²) in [6.45, 7) is 0. The molecule has 3 nitrogen and oxygen atoms in total. The lowest BCUT2D eigenvalue weighted by molar-refractivity contribution is 0.305. The van der Waals surface area contributed by atoms with Crippen LogP contribution in [0, 0.1) is 0 Å². The average Bonchev–Trinajstić information content (AvgIpc) is 2.92. The summed E-state index contributed by atoms with van der Waals surface area (Å²) in [4.78, 5) is 2.04. The molecule has 0 amide bonds. The van der Waals surface area contributed by atoms with Crippen LogP contribution < -0.4 is 15.4 Å². The van der Waals surface area contributed by atoms with Crippen LogP contribution in [0.25, 0.3) is 0 Å². The first-order chi connectivity index (χ1) is 6.66. The normalized spacial score (nSPS) is 15.3. The predicted octanol–water partition coefficient (Wildman–Crippen LogP) is 1.88. The van der Waals surface area contributed by atoms with Crippen molar-refractivity contribution in [2.24, 2.45) is 0 Å². The minimum absolute atomic E-state index is 0.398. The van der Waals surface area contributed by atoms with Gasteiger partial charge < -0.3 is 15.4 Å². The van der Waals surface area contributed by atoms with Gasteiger partial charge in [0.1, 0.15) is 5.75 Å². The fraction of sp³-hybridized carbons (Fsp3) is 0.455. The maximum absolute atomic E-state index is 5.82. The van der Waals surface area contributed by atoms with E-state index < -0.39 is 0 Å². The number of nitrogens with two attached hydrogens (primary N) is 1. The molecular formula is C11H16N2O. The lowest BCUT2D eigenvalue weighted by Gasteiger charge is -2.15. The number of ether oxygens (including phenoxy) is 1. The Hall–Kier alpha value is -1.38. The quantitative estimate of drug-likeness (QED) is 0.743. The van der Waals surface area contributed by atoms with Crippen LogP contribution >= 0.6 is 0 Å². The molecule has 0 atom stereocenters. The number of nitrogens with zero attached hydrogens (tertiary/aromatic N) is 1. The highest BCUT2D eigenvalue weighted by Crippen LogP contribution is 2.32. The van der Waals surface area contributed by atoms with Gasteiger partial charge in [-0.25, -0.2) is 0 Å². The van der Waals surface area contributed by atoms with Gasteiger partial charge in [-0.2, -0.15) is 0 Å². The number of rotatable bonds is 3. The number of benzene rings is 1. The van der Waals surface area contributed by atoms with E-state index in [0.717, 1.165) is 30.0 Å². The predicted molar refractivity (Wildman–Crippen MR) is 58.8 cm³/mol. The van der Waals surface area contributed by atoms with Crippen molar-refractivity contribution in [2.45, 2.75) is 18.9 Å². The van der Waals surface area contributed by atoms with Crippen LogP contribution in [0.4, 0.5) is 11.4 Å². The Balaban J connectivity index is 2.21. The fourth-order valence-corrected chi connectivity index (χ4v) is 1.27. The van der Waals surface area contributed by atoms with E-state index in [1.807, 2.05) is 37.2 Å². The summed E-state index contributed by atoms with van der Waals surface area (Å²) in [5, 5.41) is 0. The van der Waals surface area contributed by atoms with Gasteiger partial charge in [0.25, 0.3) is 0 Å². The van der Waals surface area contributed by atoms with E-state index in [4.69, 9.17) is 10.5 Å². The molecule has 2 rings (SSSR count). The van der Waals surface area contributed by atoms with E-state index in [9.17, 15) is 0 Å². The zero-order valence-electron chi connectivity index (χ0n) is 8.66. The zero-order valence-corrected chi connectivity index (χ0v) is 8.66. The van der Waals surface area contributed by atoms with E-state index >= 15 is 0 Å². The van der Waals surface area contributed by atoms with Gasteiger partial charge in [-0.15, -0.1) is 0 Å². The summed E-state index contributed by atoms with van der Waals surface area (Å²) in [5.74, 6) is 0.818. The van der Waals surface area contributed by atoms with Crippen molar-refractivity contribution < 1.29 is 4.74 Å². The molecule has 0 radical (unpaired) electrons. The molecule has 0 spiro atoms. The first kappa shape index (κ1) is 9.19. The van der Waals surface area contributed by atoms with E-state index in [0.29, 0.717) is 6.10 Å². The maximum atomic E-state index is 5.82. The van der Waals surface area contributed by atoms with E-state index in [1.165, 1.54) is 0 Å². The molecule has 0 aromatic heterocycles. The molecule has 1 aliphatic carbocycles. The van der Waals surface area contributed by atoms with Crippen LogP contribution in [-0.2, 0) is 0 Å². The minimum atomic E-state index is 0.398. The number of nitrogen functional groups attached to an aromatic ring is 1. The van der Waals surface area contributed by atoms with Crippen molar-refractivity contribution in [2.75, 3.05) is 24.7 Å². The Labute approximate surface area is 84.5 Å². The van der Waals surface area contributed by atoms with Crippen molar-refractivity contribution in [3.63, 3.8) is 0 Å². The molecule has 3 heteroatoms. The number of anilines is 2. The molecule has 0 saturated heterocycles. The first-order valence-electron chi connectivity index (χ1n) is 4.90. The Bertz CT molecular complexity index is 332. The summed E-state index contributed by atoms with van der Waals surface area (Å²) in [6, 6.07) is 5.88. The topological polar surface area (TPSA) is 38.5 Å². The van der Waals surface area contributed by atoms with Crippen LogP contribution in [0.15, 0.2) is 18.2 Å². The molecule has 1 saturated carbocycles. The monoisotopic (exact) mass is 192 g/mol. The summed E-state index contributed by atoms with van der Waals surface area (Å²) in [6.07, 6.45) is 2.71. The summed E-state index contributed by atoms with van der Waals surface area (Å²) < 4.78 is 5.70. The fourth-order valence-electron chi connectivity index (χ4n) is 1.27. The number of hydrogen-bond donors (Lipinski definition) is 1. The molecule has 0 bridgehead atoms. The van der Waals surface area contributed by atoms with Crippen LogP contribution in [0.1, 0.15) is 12.8 Å². The second kappa shape index (κ2) is 3.40. The van der Waals surface area contributed by atoms with Gasteiger partial charge in [0.05, 0.1) is 11.8 Å². The highest BCUT2D eigenvalue weighted by atomic mass is 16.5. The zero-order chi connectivity index (χ0) is 10.1. The Morgan fingerprint density at radius 1 is 1.36 bits per heavy atom. The lowest BCUT2D eigenvalue weighted by Crippen LogP contribution is -2.09. The Kier molecular flexibility index (Phi) is 2.23. The third-order valence-corrected chi connectivity index (χ3v) is 2.33. The van der Waals surface area contributed by atoms with Gasteiger partial charge in [-0.1, -0.05) is 0 Å². The molecule has 0 heterocycles. The second-order valence-electron chi connectivity index (χ2n) is 3.93. The third-order valence-electron chi connectivity index (χ3n) is 2.33. The molecule has 2 N–H and O–H groups in total. The van der Waals surface area contributed by atoms with Crippen molar-refractivity contribution in [1.82, 2.24) is 0 Å². The van der Waals surface area contributed by atoms with E-state index in [2.05, 4.69) is 0 Å². The molecule has 1 aliphatic rings. The Morgan fingerprint density at radius 2 is 2.07 bits per heavy atom. The molecule has 76 valence electrons. The van der Waals surface area contributed by atoms with Crippen molar-refractivity contribution in [3.8, 4) is 5.75 Å². The van der Waals surface area contributed by atoms with Crippen LogP contribution in [0.3, 0.4) is 0 Å². The van der Waals surface area contributed by atoms with Gasteiger partial charge in [0.2, 0.25) is 0 Å². The highest BCUT2D eigenvalue weighted by molar-refractivity contribution is 5.62. The molecule has 1 aromatic rings. The first-order valence-corrected chi connectivity index (χ1v) is 4.90. The van der Waals surface area contributed by atoms with Gasteiger partial charge in [-0.05, 0) is 25.0 Å². The highest BCUT2D eigenvalue weighted by Gasteiger charge is 2.24. The van der Waals surface area contributed by atoms with Crippen molar-refractivity contribution in [3.05, 3.63) is 18.2 Å². The number of hydrogen-bond acceptors (Lipinski definition) is 3. The second-order valence-corrected chi connectivity index (χ2v) is 3.93. The van der Waals surface area contributed by atoms with Crippen molar-refractivity contribution in [1.29, 1.82) is 0 Å². The van der Waals surface area contributed by atoms with Gasteiger partial charge in [0, 0.05) is 25.8 Å². The van der Waals surface area contributed by atoms with Gasteiger partial charge >= 0.3 is 0 Å². The van der Waals surface area contributed by atoms with Crippen molar-refractivity contribution >= 4 is 11.4 Å². The lowest BCUT2D eigenvalue weighted by atomic mass is 10.2. The average molecular weight is 192 g/mol. The van der Waals surface area contributed by atoms with Crippen LogP contribution in [0.5, 0.6) is 5.75 Å². The maximum Gasteiger partial charge on any atom is 0.144 e. The van der Waals surface area contributed by atoms with Gasteiger partial charge in [0.15, 0.2) is 0 Å². The minimum Gasteiger partial charge on any atom is -0.488 e. The molecule has 14 heavy (non-hydrogen) atoms. The Morgan fingerprint density at radius 3 is 2.64 bits per heavy atom. The van der Waals surface area contributed by atoms with Crippen LogP contribution in [-0.4, -0.2) is 20.2 Å². The van der Waals surface area contributed by atoms with Gasteiger partial charge in [-0.3, -0.25) is 0 Å². The van der Waals surface area contributed by atoms with Crippen LogP contribution in [0.2, 0.25) is 0 Å². The summed E-state index contributed by atoms with van der Waals surface area (Å²) in [7, 11) is 4.01. The van der Waals surface area contributed by atoms with E-state index in [1.54, 1.807) is 0 Å². The molecule has 0 aliphatic heterocycles. The molecule has 1 aromatic carbocycles.